The number of thioether (sulfide) groups is 1. The lowest BCUT2D eigenvalue weighted by molar-refractivity contribution is 0.0730. The molecule has 28 heavy (non-hydrogen) atoms. The molecule has 1 heterocycles. The van der Waals surface area contributed by atoms with Gasteiger partial charge in [-0.15, -0.1) is 11.8 Å². The molecule has 150 valence electrons. The van der Waals surface area contributed by atoms with E-state index in [1.165, 1.54) is 21.3 Å². The fraction of sp³-hybridized carbons (Fsp3) is 0.350. The van der Waals surface area contributed by atoms with Crippen molar-refractivity contribution in [2.24, 2.45) is 0 Å². The quantitative estimate of drug-likeness (QED) is 0.728. The predicted molar refractivity (Wildman–Crippen MR) is 110 cm³/mol. The van der Waals surface area contributed by atoms with Crippen LogP contribution in [0.5, 0.6) is 0 Å². The van der Waals surface area contributed by atoms with E-state index in [0.717, 1.165) is 5.56 Å². The summed E-state index contributed by atoms with van der Waals surface area (Å²) in [6.45, 7) is 3.41. The van der Waals surface area contributed by atoms with Crippen LogP contribution in [0.1, 0.15) is 28.9 Å². The molecule has 1 unspecified atom stereocenters. The van der Waals surface area contributed by atoms with Crippen LogP contribution in [0.4, 0.5) is 0 Å². The molecule has 0 saturated carbocycles. The summed E-state index contributed by atoms with van der Waals surface area (Å²) in [5.41, 5.74) is 1.44. The molecule has 6 nitrogen and oxygen atoms in total. The van der Waals surface area contributed by atoms with Crippen LogP contribution in [-0.2, 0) is 14.8 Å². The number of carbonyl (C=O) groups is 1. The van der Waals surface area contributed by atoms with E-state index in [-0.39, 0.29) is 16.8 Å². The molecule has 0 radical (unpaired) electrons. The van der Waals surface area contributed by atoms with Gasteiger partial charge in [0.2, 0.25) is 10.0 Å². The number of nitrogens with one attached hydrogen (secondary N) is 1. The van der Waals surface area contributed by atoms with E-state index in [4.69, 9.17) is 4.74 Å². The van der Waals surface area contributed by atoms with Crippen molar-refractivity contribution >= 4 is 27.7 Å². The summed E-state index contributed by atoms with van der Waals surface area (Å²) >= 11 is 1.67. The van der Waals surface area contributed by atoms with E-state index in [2.05, 4.69) is 5.32 Å². The zero-order valence-electron chi connectivity index (χ0n) is 15.9. The third-order valence-electron chi connectivity index (χ3n) is 4.69. The van der Waals surface area contributed by atoms with Gasteiger partial charge in [0.15, 0.2) is 0 Å². The third kappa shape index (κ3) is 4.75. The average Bonchev–Trinajstić information content (AvgIpc) is 2.74. The van der Waals surface area contributed by atoms with Crippen LogP contribution in [0.3, 0.4) is 0 Å². The maximum atomic E-state index is 12.7. The number of carbonyl (C=O) groups excluding carboxylic acids is 1. The van der Waals surface area contributed by atoms with Crippen LogP contribution >= 0.6 is 11.8 Å². The van der Waals surface area contributed by atoms with Gasteiger partial charge >= 0.3 is 0 Å². The van der Waals surface area contributed by atoms with Crippen molar-refractivity contribution in [3.63, 3.8) is 0 Å². The smallest absolute Gasteiger partial charge is 0.251 e. The lowest BCUT2D eigenvalue weighted by Crippen LogP contribution is -2.40. The topological polar surface area (TPSA) is 75.7 Å². The van der Waals surface area contributed by atoms with E-state index < -0.39 is 10.0 Å². The Morgan fingerprint density at radius 1 is 1.07 bits per heavy atom. The number of sulfonamides is 1. The van der Waals surface area contributed by atoms with Crippen molar-refractivity contribution < 1.29 is 17.9 Å². The molecule has 1 aliphatic rings. The van der Waals surface area contributed by atoms with Crippen LogP contribution in [-0.4, -0.2) is 51.2 Å². The highest BCUT2D eigenvalue weighted by Gasteiger charge is 2.26. The van der Waals surface area contributed by atoms with E-state index in [1.807, 2.05) is 37.4 Å². The largest absolute Gasteiger partial charge is 0.379 e. The summed E-state index contributed by atoms with van der Waals surface area (Å²) < 4.78 is 31.9. The first-order chi connectivity index (χ1) is 13.4. The minimum atomic E-state index is -3.56. The van der Waals surface area contributed by atoms with Crippen LogP contribution < -0.4 is 5.32 Å². The van der Waals surface area contributed by atoms with Gasteiger partial charge in [0.05, 0.1) is 24.2 Å². The minimum Gasteiger partial charge on any atom is -0.379 e. The maximum Gasteiger partial charge on any atom is 0.251 e. The first kappa shape index (κ1) is 20.9. The molecule has 0 aromatic heterocycles. The summed E-state index contributed by atoms with van der Waals surface area (Å²) in [5, 5.41) is 2.95. The van der Waals surface area contributed by atoms with Crippen LogP contribution in [0, 0.1) is 0 Å². The molecule has 3 rings (SSSR count). The normalized spacial score (nSPS) is 16.5. The number of hydrogen-bond acceptors (Lipinski definition) is 5. The SMILES string of the molecule is CSc1ccc(C(C)NC(=O)c2ccc(S(=O)(=O)N3CCOCC3)cc2)cc1. The monoisotopic (exact) mass is 420 g/mol. The van der Waals surface area contributed by atoms with Gasteiger partial charge in [0, 0.05) is 23.5 Å². The molecular formula is C20H24N2O4S2. The second-order valence-corrected chi connectivity index (χ2v) is 9.33. The second-order valence-electron chi connectivity index (χ2n) is 6.51. The molecule has 1 fully saturated rings. The Kier molecular flexibility index (Phi) is 6.77. The van der Waals surface area contributed by atoms with E-state index >= 15 is 0 Å². The lowest BCUT2D eigenvalue weighted by atomic mass is 10.1. The van der Waals surface area contributed by atoms with Gasteiger partial charge in [0.25, 0.3) is 5.91 Å². The van der Waals surface area contributed by atoms with Gasteiger partial charge in [-0.05, 0) is 55.1 Å². The molecule has 8 heteroatoms. The molecule has 0 spiro atoms. The van der Waals surface area contributed by atoms with Gasteiger partial charge < -0.3 is 10.1 Å². The molecule has 0 bridgehead atoms. The van der Waals surface area contributed by atoms with Crippen molar-refractivity contribution in [1.82, 2.24) is 9.62 Å². The Bertz CT molecular complexity index is 906. The standard InChI is InChI=1S/C20H24N2O4S2/c1-15(16-3-7-18(27-2)8-4-16)21-20(23)17-5-9-19(10-6-17)28(24,25)22-11-13-26-14-12-22/h3-10,15H,11-14H2,1-2H3,(H,21,23). The Balaban J connectivity index is 1.67. The average molecular weight is 421 g/mol. The maximum absolute atomic E-state index is 12.7. The summed E-state index contributed by atoms with van der Waals surface area (Å²) in [5.74, 6) is -0.239. The molecule has 1 N–H and O–H groups in total. The number of hydrogen-bond donors (Lipinski definition) is 1. The van der Waals surface area contributed by atoms with E-state index in [0.29, 0.717) is 31.9 Å². The lowest BCUT2D eigenvalue weighted by Gasteiger charge is -2.26. The van der Waals surface area contributed by atoms with Crippen LogP contribution in [0.15, 0.2) is 58.3 Å². The fourth-order valence-electron chi connectivity index (χ4n) is 2.97. The molecule has 1 amide bonds. The number of nitrogens with zero attached hydrogens (tertiary/aromatic N) is 1. The molecule has 1 atom stereocenters. The molecule has 1 saturated heterocycles. The number of amides is 1. The fourth-order valence-corrected chi connectivity index (χ4v) is 4.79. The Morgan fingerprint density at radius 3 is 2.25 bits per heavy atom. The van der Waals surface area contributed by atoms with Crippen molar-refractivity contribution in [3.05, 3.63) is 59.7 Å². The van der Waals surface area contributed by atoms with Gasteiger partial charge in [0.1, 0.15) is 0 Å². The van der Waals surface area contributed by atoms with Gasteiger partial charge in [-0.3, -0.25) is 4.79 Å². The Morgan fingerprint density at radius 2 is 1.68 bits per heavy atom. The summed E-state index contributed by atoms with van der Waals surface area (Å²) in [7, 11) is -3.56. The number of rotatable bonds is 6. The number of ether oxygens (including phenoxy) is 1. The first-order valence-electron chi connectivity index (χ1n) is 9.04. The summed E-state index contributed by atoms with van der Waals surface area (Å²) in [4.78, 5) is 13.9. The van der Waals surface area contributed by atoms with Gasteiger partial charge in [-0.2, -0.15) is 4.31 Å². The first-order valence-corrected chi connectivity index (χ1v) is 11.7. The van der Waals surface area contributed by atoms with E-state index in [9.17, 15) is 13.2 Å². The van der Waals surface area contributed by atoms with Gasteiger partial charge in [-0.1, -0.05) is 12.1 Å². The highest BCUT2D eigenvalue weighted by Crippen LogP contribution is 2.20. The van der Waals surface area contributed by atoms with Crippen LogP contribution in [0.25, 0.3) is 0 Å². The van der Waals surface area contributed by atoms with Crippen molar-refractivity contribution in [2.45, 2.75) is 22.8 Å². The zero-order valence-corrected chi connectivity index (χ0v) is 17.6. The highest BCUT2D eigenvalue weighted by molar-refractivity contribution is 7.98. The molecular weight excluding hydrogens is 396 g/mol. The minimum absolute atomic E-state index is 0.153. The molecule has 1 aliphatic heterocycles. The molecule has 2 aromatic carbocycles. The van der Waals surface area contributed by atoms with Gasteiger partial charge in [-0.25, -0.2) is 8.42 Å². The zero-order chi connectivity index (χ0) is 20.1. The Hall–Kier alpha value is -1.87. The molecule has 2 aromatic rings. The summed E-state index contributed by atoms with van der Waals surface area (Å²) in [6.07, 6.45) is 2.02. The van der Waals surface area contributed by atoms with E-state index in [1.54, 1.807) is 23.9 Å². The predicted octanol–water partition coefficient (Wildman–Crippen LogP) is 2.92. The van der Waals surface area contributed by atoms with Crippen molar-refractivity contribution in [1.29, 1.82) is 0 Å². The molecule has 0 aliphatic carbocycles. The third-order valence-corrected chi connectivity index (χ3v) is 7.34. The summed E-state index contributed by atoms with van der Waals surface area (Å²) in [6, 6.07) is 13.9. The van der Waals surface area contributed by atoms with Crippen molar-refractivity contribution in [3.8, 4) is 0 Å². The number of benzene rings is 2. The van der Waals surface area contributed by atoms with Crippen molar-refractivity contribution in [2.75, 3.05) is 32.6 Å². The highest BCUT2D eigenvalue weighted by atomic mass is 32.2. The number of morpholine rings is 1. The Labute approximate surface area is 170 Å². The second kappa shape index (κ2) is 9.09. The van der Waals surface area contributed by atoms with Crippen LogP contribution in [0.2, 0.25) is 0 Å².